The Hall–Kier alpha value is -0.980. The van der Waals surface area contributed by atoms with Gasteiger partial charge in [-0.2, -0.15) is 0 Å². The fraction of sp³-hybridized carbons (Fsp3) is 0.462. The largest absolute Gasteiger partial charge is 0.338 e. The zero-order chi connectivity index (χ0) is 14.2. The highest BCUT2D eigenvalue weighted by molar-refractivity contribution is 7.16. The predicted molar refractivity (Wildman–Crippen MR) is 81.7 cm³/mol. The molecule has 0 saturated carbocycles. The molecular weight excluding hydrogens is 314 g/mol. The summed E-state index contributed by atoms with van der Waals surface area (Å²) in [6, 6.07) is 0. The molecule has 1 saturated heterocycles. The summed E-state index contributed by atoms with van der Waals surface area (Å²) in [4.78, 5) is 23.3. The monoisotopic (exact) mass is 327 g/mol. The fourth-order valence-corrected chi connectivity index (χ4v) is 4.13. The highest BCUT2D eigenvalue weighted by Crippen LogP contribution is 2.38. The van der Waals surface area contributed by atoms with Crippen LogP contribution in [0, 0.1) is 0 Å². The van der Waals surface area contributed by atoms with Crippen molar-refractivity contribution in [3.05, 3.63) is 32.1 Å². The molecule has 0 radical (unpaired) electrons. The van der Waals surface area contributed by atoms with E-state index in [0.717, 1.165) is 35.3 Å². The Labute approximate surface area is 130 Å². The Kier molecular flexibility index (Phi) is 3.79. The van der Waals surface area contributed by atoms with Gasteiger partial charge in [-0.3, -0.25) is 9.78 Å². The van der Waals surface area contributed by atoms with E-state index in [1.165, 1.54) is 11.3 Å². The van der Waals surface area contributed by atoms with Crippen LogP contribution in [-0.4, -0.2) is 33.9 Å². The molecule has 1 fully saturated rings. The topological polar surface area (TPSA) is 46.1 Å². The van der Waals surface area contributed by atoms with Gasteiger partial charge in [0.15, 0.2) is 0 Å². The van der Waals surface area contributed by atoms with E-state index in [-0.39, 0.29) is 11.3 Å². The molecule has 106 valence electrons. The van der Waals surface area contributed by atoms with Crippen LogP contribution in [0.5, 0.6) is 0 Å². The van der Waals surface area contributed by atoms with Gasteiger partial charge in [0.05, 0.1) is 17.9 Å². The van der Waals surface area contributed by atoms with Gasteiger partial charge in [-0.25, -0.2) is 4.98 Å². The Morgan fingerprint density at radius 1 is 1.40 bits per heavy atom. The summed E-state index contributed by atoms with van der Waals surface area (Å²) in [5.41, 5.74) is 1.72. The summed E-state index contributed by atoms with van der Waals surface area (Å²) in [6.45, 7) is 3.71. The third-order valence-electron chi connectivity index (χ3n) is 3.79. The summed E-state index contributed by atoms with van der Waals surface area (Å²) in [5, 5.41) is 1.08. The molecule has 0 aliphatic carbocycles. The SMILES string of the molecule is CC1(c2ncc(Cl)s2)CCN(C(=O)c2cncs2)CC1. The molecule has 20 heavy (non-hydrogen) atoms. The van der Waals surface area contributed by atoms with Crippen molar-refractivity contribution in [2.75, 3.05) is 13.1 Å². The first-order chi connectivity index (χ1) is 9.58. The maximum Gasteiger partial charge on any atom is 0.265 e. The lowest BCUT2D eigenvalue weighted by Gasteiger charge is -2.37. The van der Waals surface area contributed by atoms with Crippen molar-refractivity contribution in [3.8, 4) is 0 Å². The van der Waals surface area contributed by atoms with E-state index >= 15 is 0 Å². The standard InChI is InChI=1S/C13H14ClN3OS2/c1-13(12-16-7-10(14)20-12)2-4-17(5-3-13)11(18)9-6-15-8-19-9/h6-8H,2-5H2,1H3. The molecule has 0 spiro atoms. The maximum absolute atomic E-state index is 12.3. The number of likely N-dealkylation sites (tertiary alicyclic amines) is 1. The Morgan fingerprint density at radius 3 is 2.70 bits per heavy atom. The zero-order valence-electron chi connectivity index (χ0n) is 11.0. The van der Waals surface area contributed by atoms with Crippen molar-refractivity contribution in [2.45, 2.75) is 25.2 Å². The van der Waals surface area contributed by atoms with Gasteiger partial charge in [0.2, 0.25) is 0 Å². The first kappa shape index (κ1) is 14.0. The van der Waals surface area contributed by atoms with Crippen LogP contribution >= 0.6 is 34.3 Å². The van der Waals surface area contributed by atoms with Gasteiger partial charge in [0.25, 0.3) is 5.91 Å². The molecule has 2 aromatic rings. The second kappa shape index (κ2) is 5.42. The van der Waals surface area contributed by atoms with E-state index in [2.05, 4.69) is 16.9 Å². The van der Waals surface area contributed by atoms with E-state index < -0.39 is 0 Å². The number of carbonyl (C=O) groups is 1. The number of aromatic nitrogens is 2. The predicted octanol–water partition coefficient (Wildman–Crippen LogP) is 3.45. The molecule has 3 heterocycles. The van der Waals surface area contributed by atoms with Gasteiger partial charge in [-0.05, 0) is 12.8 Å². The van der Waals surface area contributed by atoms with Crippen LogP contribution < -0.4 is 0 Å². The summed E-state index contributed by atoms with van der Waals surface area (Å²) >= 11 is 8.91. The zero-order valence-corrected chi connectivity index (χ0v) is 13.4. The molecule has 2 aromatic heterocycles. The van der Waals surface area contributed by atoms with E-state index in [4.69, 9.17) is 11.6 Å². The number of nitrogens with zero attached hydrogens (tertiary/aromatic N) is 3. The summed E-state index contributed by atoms with van der Waals surface area (Å²) < 4.78 is 0.726. The van der Waals surface area contributed by atoms with Crippen LogP contribution in [0.25, 0.3) is 0 Å². The highest BCUT2D eigenvalue weighted by atomic mass is 35.5. The van der Waals surface area contributed by atoms with Crippen molar-refractivity contribution in [2.24, 2.45) is 0 Å². The summed E-state index contributed by atoms with van der Waals surface area (Å²) in [6.07, 6.45) is 5.19. The average Bonchev–Trinajstić information content (AvgIpc) is 3.10. The van der Waals surface area contributed by atoms with E-state index in [1.54, 1.807) is 29.2 Å². The minimum Gasteiger partial charge on any atom is -0.338 e. The van der Waals surface area contributed by atoms with Gasteiger partial charge in [-0.1, -0.05) is 18.5 Å². The second-order valence-electron chi connectivity index (χ2n) is 5.19. The van der Waals surface area contributed by atoms with Crippen LogP contribution in [0.1, 0.15) is 34.4 Å². The fourth-order valence-electron chi connectivity index (χ4n) is 2.43. The Bertz CT molecular complexity index is 603. The molecule has 0 atom stereocenters. The van der Waals surface area contributed by atoms with Gasteiger partial charge in [-0.15, -0.1) is 22.7 Å². The molecule has 0 aromatic carbocycles. The van der Waals surface area contributed by atoms with E-state index in [1.807, 2.05) is 4.90 Å². The Balaban J connectivity index is 1.69. The molecule has 1 aliphatic heterocycles. The van der Waals surface area contributed by atoms with Crippen molar-refractivity contribution in [1.29, 1.82) is 0 Å². The third-order valence-corrected chi connectivity index (χ3v) is 5.97. The molecule has 1 aliphatic rings. The second-order valence-corrected chi connectivity index (χ2v) is 7.74. The molecule has 0 bridgehead atoms. The van der Waals surface area contributed by atoms with E-state index in [0.29, 0.717) is 4.88 Å². The van der Waals surface area contributed by atoms with E-state index in [9.17, 15) is 4.79 Å². The van der Waals surface area contributed by atoms with Gasteiger partial charge < -0.3 is 4.90 Å². The van der Waals surface area contributed by atoms with Crippen LogP contribution in [0.4, 0.5) is 0 Å². The minimum absolute atomic E-state index is 0.0300. The van der Waals surface area contributed by atoms with Gasteiger partial charge >= 0.3 is 0 Å². The van der Waals surface area contributed by atoms with Crippen molar-refractivity contribution in [1.82, 2.24) is 14.9 Å². The molecule has 4 nitrogen and oxygen atoms in total. The van der Waals surface area contributed by atoms with Crippen LogP contribution in [-0.2, 0) is 5.41 Å². The maximum atomic E-state index is 12.3. The molecule has 0 N–H and O–H groups in total. The number of piperidine rings is 1. The highest BCUT2D eigenvalue weighted by Gasteiger charge is 2.36. The molecule has 0 unspecified atom stereocenters. The smallest absolute Gasteiger partial charge is 0.265 e. The lowest BCUT2D eigenvalue weighted by molar-refractivity contribution is 0.0680. The van der Waals surface area contributed by atoms with Crippen molar-refractivity contribution < 1.29 is 4.79 Å². The number of thiazole rings is 2. The summed E-state index contributed by atoms with van der Waals surface area (Å²) in [5.74, 6) is 0.0896. The first-order valence-corrected chi connectivity index (χ1v) is 8.45. The lowest BCUT2D eigenvalue weighted by Crippen LogP contribution is -2.43. The quantitative estimate of drug-likeness (QED) is 0.848. The molecule has 7 heteroatoms. The number of carbonyl (C=O) groups excluding carboxylic acids is 1. The number of halogens is 1. The van der Waals surface area contributed by atoms with Crippen LogP contribution in [0.15, 0.2) is 17.9 Å². The third kappa shape index (κ3) is 2.60. The van der Waals surface area contributed by atoms with Crippen molar-refractivity contribution in [3.63, 3.8) is 0 Å². The lowest BCUT2D eigenvalue weighted by atomic mass is 9.81. The molecule has 1 amide bonds. The van der Waals surface area contributed by atoms with Crippen LogP contribution in [0.3, 0.4) is 0 Å². The summed E-state index contributed by atoms with van der Waals surface area (Å²) in [7, 11) is 0. The van der Waals surface area contributed by atoms with Crippen molar-refractivity contribution >= 4 is 40.2 Å². The molecule has 3 rings (SSSR count). The Morgan fingerprint density at radius 2 is 2.15 bits per heavy atom. The van der Waals surface area contributed by atoms with Gasteiger partial charge in [0.1, 0.15) is 14.2 Å². The minimum atomic E-state index is 0.0300. The average molecular weight is 328 g/mol. The number of amides is 1. The number of hydrogen-bond donors (Lipinski definition) is 0. The van der Waals surface area contributed by atoms with Crippen LogP contribution in [0.2, 0.25) is 4.34 Å². The molecular formula is C13H14ClN3OS2. The first-order valence-electron chi connectivity index (χ1n) is 6.38. The normalized spacial score (nSPS) is 18.2. The number of rotatable bonds is 2. The number of hydrogen-bond acceptors (Lipinski definition) is 5. The van der Waals surface area contributed by atoms with Gasteiger partial charge in [0, 0.05) is 18.5 Å².